The van der Waals surface area contributed by atoms with Gasteiger partial charge in [-0.3, -0.25) is 4.79 Å². The van der Waals surface area contributed by atoms with Gasteiger partial charge in [0, 0.05) is 26.7 Å². The van der Waals surface area contributed by atoms with Gasteiger partial charge in [-0.1, -0.05) is 11.8 Å². The summed E-state index contributed by atoms with van der Waals surface area (Å²) in [5.74, 6) is 0.199. The van der Waals surface area contributed by atoms with Crippen molar-refractivity contribution < 1.29 is 14.6 Å². The van der Waals surface area contributed by atoms with E-state index in [-0.39, 0.29) is 30.9 Å². The van der Waals surface area contributed by atoms with E-state index in [1.54, 1.807) is 13.4 Å². The number of hydrogen-bond donors (Lipinski definition) is 1. The van der Waals surface area contributed by atoms with Crippen molar-refractivity contribution in [2.75, 3.05) is 33.1 Å². The number of rotatable bonds is 8. The van der Waals surface area contributed by atoms with Crippen molar-refractivity contribution in [2.45, 2.75) is 31.1 Å². The lowest BCUT2D eigenvalue weighted by molar-refractivity contribution is -0.128. The maximum atomic E-state index is 12.0. The van der Waals surface area contributed by atoms with Gasteiger partial charge in [-0.05, 0) is 13.8 Å². The molecule has 1 rings (SSSR count). The number of aliphatic hydroxyl groups excluding tert-OH is 1. The van der Waals surface area contributed by atoms with E-state index < -0.39 is 6.10 Å². The largest absolute Gasteiger partial charge is 0.389 e. The smallest absolute Gasteiger partial charge is 0.232 e. The van der Waals surface area contributed by atoms with Crippen molar-refractivity contribution in [2.24, 2.45) is 0 Å². The van der Waals surface area contributed by atoms with Crippen LogP contribution < -0.4 is 0 Å². The van der Waals surface area contributed by atoms with Crippen LogP contribution in [0.4, 0.5) is 0 Å². The van der Waals surface area contributed by atoms with Gasteiger partial charge in [0.05, 0.1) is 18.5 Å². The number of carbonyl (C=O) groups excluding carboxylic acids is 1. The summed E-state index contributed by atoms with van der Waals surface area (Å²) >= 11 is 1.34. The van der Waals surface area contributed by atoms with Gasteiger partial charge in [0.2, 0.25) is 5.91 Å². The fourth-order valence-electron chi connectivity index (χ4n) is 1.59. The quantitative estimate of drug-likeness (QED) is 0.701. The Kier molecular flexibility index (Phi) is 6.97. The zero-order valence-electron chi connectivity index (χ0n) is 12.3. The topological polar surface area (TPSA) is 80.5 Å². The van der Waals surface area contributed by atoms with Gasteiger partial charge in [-0.2, -0.15) is 0 Å². The Balaban J connectivity index is 2.44. The summed E-state index contributed by atoms with van der Waals surface area (Å²) in [6, 6.07) is 0.254. The second-order valence-corrected chi connectivity index (χ2v) is 5.73. The van der Waals surface area contributed by atoms with Gasteiger partial charge < -0.3 is 19.3 Å². The molecule has 1 unspecified atom stereocenters. The van der Waals surface area contributed by atoms with Crippen molar-refractivity contribution in [3.63, 3.8) is 0 Å². The Morgan fingerprint density at radius 3 is 2.90 bits per heavy atom. The van der Waals surface area contributed by atoms with Gasteiger partial charge in [0.15, 0.2) is 5.16 Å². The monoisotopic (exact) mass is 302 g/mol. The molecule has 0 aliphatic carbocycles. The molecule has 0 radical (unpaired) electrons. The number of aliphatic hydroxyl groups is 1. The molecule has 1 heterocycles. The van der Waals surface area contributed by atoms with E-state index in [4.69, 9.17) is 4.74 Å². The second-order valence-electron chi connectivity index (χ2n) is 4.79. The number of nitrogens with zero attached hydrogens (tertiary/aromatic N) is 4. The molecule has 0 bridgehead atoms. The maximum Gasteiger partial charge on any atom is 0.232 e. The van der Waals surface area contributed by atoms with Crippen molar-refractivity contribution >= 4 is 17.7 Å². The van der Waals surface area contributed by atoms with E-state index in [9.17, 15) is 9.90 Å². The van der Waals surface area contributed by atoms with Gasteiger partial charge in [-0.15, -0.1) is 10.2 Å². The Bertz CT molecular complexity index is 425. The highest BCUT2D eigenvalue weighted by Crippen LogP contribution is 2.18. The predicted molar refractivity (Wildman–Crippen MR) is 76.7 cm³/mol. The summed E-state index contributed by atoms with van der Waals surface area (Å²) in [5, 5.41) is 18.2. The molecule has 8 heteroatoms. The van der Waals surface area contributed by atoms with Crippen LogP contribution in [0.1, 0.15) is 19.9 Å². The number of hydrogen-bond acceptors (Lipinski definition) is 6. The van der Waals surface area contributed by atoms with Crippen LogP contribution in [0.3, 0.4) is 0 Å². The summed E-state index contributed by atoms with van der Waals surface area (Å²) in [6.07, 6.45) is 0.988. The lowest BCUT2D eigenvalue weighted by Gasteiger charge is -2.20. The van der Waals surface area contributed by atoms with Crippen LogP contribution in [0.5, 0.6) is 0 Å². The first kappa shape index (κ1) is 16.9. The van der Waals surface area contributed by atoms with E-state index in [0.717, 1.165) is 5.16 Å². The van der Waals surface area contributed by atoms with Crippen LogP contribution in [-0.2, 0) is 9.53 Å². The lowest BCUT2D eigenvalue weighted by Crippen LogP contribution is -2.37. The molecular formula is C12H22N4O3S. The van der Waals surface area contributed by atoms with Gasteiger partial charge in [0.1, 0.15) is 6.33 Å². The minimum Gasteiger partial charge on any atom is -0.389 e. The molecule has 0 aliphatic heterocycles. The number of aromatic nitrogens is 3. The number of likely N-dealkylation sites (N-methyl/N-ethyl adjacent to an activating group) is 1. The fourth-order valence-corrected chi connectivity index (χ4v) is 2.57. The summed E-state index contributed by atoms with van der Waals surface area (Å²) in [5.41, 5.74) is 0. The zero-order chi connectivity index (χ0) is 15.1. The van der Waals surface area contributed by atoms with Gasteiger partial charge in [0.25, 0.3) is 0 Å². The minimum atomic E-state index is -0.668. The third-order valence-electron chi connectivity index (χ3n) is 2.69. The molecule has 114 valence electrons. The fraction of sp³-hybridized carbons (Fsp3) is 0.750. The van der Waals surface area contributed by atoms with Crippen LogP contribution >= 0.6 is 11.8 Å². The number of methoxy groups -OCH3 is 1. The van der Waals surface area contributed by atoms with Crippen molar-refractivity contribution in [3.05, 3.63) is 6.33 Å². The molecule has 0 aliphatic rings. The van der Waals surface area contributed by atoms with E-state index >= 15 is 0 Å². The summed E-state index contributed by atoms with van der Waals surface area (Å²) < 4.78 is 6.74. The molecule has 1 aromatic heterocycles. The molecule has 0 fully saturated rings. The normalized spacial score (nSPS) is 12.7. The molecule has 1 aromatic rings. The molecule has 20 heavy (non-hydrogen) atoms. The molecule has 1 amide bonds. The first-order chi connectivity index (χ1) is 9.45. The van der Waals surface area contributed by atoms with Gasteiger partial charge >= 0.3 is 0 Å². The first-order valence-electron chi connectivity index (χ1n) is 6.39. The highest BCUT2D eigenvalue weighted by molar-refractivity contribution is 7.99. The van der Waals surface area contributed by atoms with Crippen LogP contribution in [0.15, 0.2) is 11.5 Å². The molecule has 0 aromatic carbocycles. The number of carbonyl (C=O) groups is 1. The number of thioether (sulfide) groups is 1. The van der Waals surface area contributed by atoms with Crippen LogP contribution in [-0.4, -0.2) is 69.8 Å². The average Bonchev–Trinajstić information content (AvgIpc) is 2.84. The highest BCUT2D eigenvalue weighted by Gasteiger charge is 2.16. The molecule has 0 saturated carbocycles. The predicted octanol–water partition coefficient (Wildman–Crippen LogP) is 0.417. The molecule has 0 saturated heterocycles. The van der Waals surface area contributed by atoms with E-state index in [1.807, 2.05) is 18.4 Å². The van der Waals surface area contributed by atoms with Crippen molar-refractivity contribution in [1.29, 1.82) is 0 Å². The summed E-state index contributed by atoms with van der Waals surface area (Å²) in [7, 11) is 3.18. The summed E-state index contributed by atoms with van der Waals surface area (Å²) in [4.78, 5) is 13.4. The van der Waals surface area contributed by atoms with E-state index in [1.165, 1.54) is 23.8 Å². The minimum absolute atomic E-state index is 0.0662. The average molecular weight is 302 g/mol. The van der Waals surface area contributed by atoms with Crippen LogP contribution in [0, 0.1) is 0 Å². The third kappa shape index (κ3) is 5.10. The van der Waals surface area contributed by atoms with Crippen molar-refractivity contribution in [3.8, 4) is 0 Å². The molecule has 7 nitrogen and oxygen atoms in total. The zero-order valence-corrected chi connectivity index (χ0v) is 13.1. The third-order valence-corrected chi connectivity index (χ3v) is 3.63. The standard InChI is InChI=1S/C12H22N4O3S/c1-9(2)16-8-13-14-12(16)20-7-11(18)15(3)5-10(17)6-19-4/h8-10,17H,5-7H2,1-4H3. The molecule has 1 atom stereocenters. The Morgan fingerprint density at radius 2 is 2.30 bits per heavy atom. The van der Waals surface area contributed by atoms with E-state index in [2.05, 4.69) is 10.2 Å². The van der Waals surface area contributed by atoms with Crippen molar-refractivity contribution in [1.82, 2.24) is 19.7 Å². The Labute approximate surface area is 123 Å². The van der Waals surface area contributed by atoms with Crippen LogP contribution in [0.25, 0.3) is 0 Å². The molecule has 0 spiro atoms. The Hall–Kier alpha value is -1.12. The SMILES string of the molecule is COCC(O)CN(C)C(=O)CSc1nncn1C(C)C. The van der Waals surface area contributed by atoms with Gasteiger partial charge in [-0.25, -0.2) is 0 Å². The molecular weight excluding hydrogens is 280 g/mol. The highest BCUT2D eigenvalue weighted by atomic mass is 32.2. The number of ether oxygens (including phenoxy) is 1. The number of amides is 1. The lowest BCUT2D eigenvalue weighted by atomic mass is 10.3. The maximum absolute atomic E-state index is 12.0. The summed E-state index contributed by atoms with van der Waals surface area (Å²) in [6.45, 7) is 4.53. The first-order valence-corrected chi connectivity index (χ1v) is 7.37. The molecule has 1 N–H and O–H groups in total. The van der Waals surface area contributed by atoms with E-state index in [0.29, 0.717) is 0 Å². The van der Waals surface area contributed by atoms with Crippen LogP contribution in [0.2, 0.25) is 0 Å². The second kappa shape index (κ2) is 8.23. The Morgan fingerprint density at radius 1 is 1.60 bits per heavy atom.